The number of hydrogen-bond acceptors (Lipinski definition) is 8. The van der Waals surface area contributed by atoms with E-state index in [2.05, 4.69) is 36.0 Å². The van der Waals surface area contributed by atoms with E-state index in [0.29, 0.717) is 18.1 Å². The molecule has 0 radical (unpaired) electrons. The lowest BCUT2D eigenvalue weighted by atomic mass is 9.96. The lowest BCUT2D eigenvalue weighted by Gasteiger charge is -2.19. The number of carbonyl (C=O) groups excluding carboxylic acids is 1. The molecule has 0 saturated carbocycles. The number of nitrogens with one attached hydrogen (secondary N) is 2. The minimum absolute atomic E-state index is 0.190. The van der Waals surface area contributed by atoms with Crippen molar-refractivity contribution in [2.75, 3.05) is 11.9 Å². The van der Waals surface area contributed by atoms with Crippen LogP contribution in [-0.4, -0.2) is 63.3 Å². The first kappa shape index (κ1) is 27.7. The molecule has 1 aliphatic rings. The van der Waals surface area contributed by atoms with Crippen molar-refractivity contribution in [3.8, 4) is 11.3 Å². The number of benzene rings is 1. The van der Waals surface area contributed by atoms with Gasteiger partial charge in [-0.15, -0.1) is 5.10 Å². The van der Waals surface area contributed by atoms with Crippen LogP contribution < -0.4 is 10.6 Å². The number of hydrogen-bond donors (Lipinski definition) is 3. The molecule has 41 heavy (non-hydrogen) atoms. The molecule has 1 atom stereocenters. The Labute approximate surface area is 237 Å². The zero-order chi connectivity index (χ0) is 29.3. The quantitative estimate of drug-likeness (QED) is 0.313. The Balaban J connectivity index is 1.41. The van der Waals surface area contributed by atoms with Crippen molar-refractivity contribution in [2.24, 2.45) is 0 Å². The number of carboxylic acid groups (broad SMARTS) is 1. The summed E-state index contributed by atoms with van der Waals surface area (Å²) in [6.07, 6.45) is 6.30. The van der Waals surface area contributed by atoms with Crippen LogP contribution in [0.15, 0.2) is 49.1 Å². The normalized spacial score (nSPS) is 15.4. The zero-order valence-corrected chi connectivity index (χ0v) is 23.7. The maximum Gasteiger partial charge on any atom is 0.407 e. The minimum atomic E-state index is -1.02. The molecule has 0 spiro atoms. The molecule has 0 aliphatic carbocycles. The molecule has 5 rings (SSSR count). The molecule has 214 valence electrons. The molecule has 0 saturated heterocycles. The van der Waals surface area contributed by atoms with Gasteiger partial charge in [-0.3, -0.25) is 9.48 Å². The standard InChI is InChI=1S/C28H34N10O3/c1-17(2)37-15-20(13-30-37)31-26-29-10-8-22(33-26)18-6-7-21-19(12-18)14-36(27(40)41)11-9-23(21)32-25(39)24-16-38(35-34-24)28(3,4)5/h6-8,10,12-13,15-17,23H,9,11,14H2,1-5H3,(H,32,39)(H,40,41)(H,29,31,33). The van der Waals surface area contributed by atoms with E-state index in [0.717, 1.165) is 22.4 Å². The van der Waals surface area contributed by atoms with Crippen molar-refractivity contribution >= 4 is 23.6 Å². The SMILES string of the molecule is CC(C)n1cc(Nc2nccc(-c3ccc4c(c3)CN(C(=O)O)CCC4NC(=O)c3cn(C(C)(C)C)nn3)n2)cn1. The number of fused-ring (bicyclic) bond motifs is 1. The van der Waals surface area contributed by atoms with Gasteiger partial charge in [0.05, 0.1) is 35.4 Å². The van der Waals surface area contributed by atoms with Gasteiger partial charge in [-0.1, -0.05) is 17.3 Å². The van der Waals surface area contributed by atoms with Crippen molar-refractivity contribution in [3.63, 3.8) is 0 Å². The Hall–Kier alpha value is -4.81. The van der Waals surface area contributed by atoms with Gasteiger partial charge in [0.15, 0.2) is 5.69 Å². The largest absolute Gasteiger partial charge is 0.465 e. The van der Waals surface area contributed by atoms with Gasteiger partial charge < -0.3 is 20.6 Å². The average Bonchev–Trinajstić information content (AvgIpc) is 3.57. The molecule has 1 aliphatic heterocycles. The van der Waals surface area contributed by atoms with Crippen molar-refractivity contribution in [2.45, 2.75) is 65.2 Å². The minimum Gasteiger partial charge on any atom is -0.465 e. The molecule has 0 fully saturated rings. The molecule has 3 N–H and O–H groups in total. The van der Waals surface area contributed by atoms with E-state index < -0.39 is 12.1 Å². The molecular formula is C28H34N10O3. The molecule has 1 aromatic carbocycles. The Bertz CT molecular complexity index is 1570. The molecule has 4 heterocycles. The highest BCUT2D eigenvalue weighted by Gasteiger charge is 2.28. The van der Waals surface area contributed by atoms with E-state index in [1.807, 2.05) is 63.7 Å². The maximum atomic E-state index is 13.1. The van der Waals surface area contributed by atoms with Crippen LogP contribution in [0.2, 0.25) is 0 Å². The third-order valence-corrected chi connectivity index (χ3v) is 6.89. The van der Waals surface area contributed by atoms with Crippen LogP contribution >= 0.6 is 0 Å². The van der Waals surface area contributed by atoms with Gasteiger partial charge in [-0.25, -0.2) is 19.4 Å². The Morgan fingerprint density at radius 1 is 1.15 bits per heavy atom. The topological polar surface area (TPSA) is 156 Å². The summed E-state index contributed by atoms with van der Waals surface area (Å²) in [6, 6.07) is 7.40. The van der Waals surface area contributed by atoms with Crippen molar-refractivity contribution in [1.29, 1.82) is 0 Å². The van der Waals surface area contributed by atoms with Crippen LogP contribution in [0.3, 0.4) is 0 Å². The van der Waals surface area contributed by atoms with Gasteiger partial charge in [-0.05, 0) is 64.3 Å². The van der Waals surface area contributed by atoms with E-state index in [4.69, 9.17) is 0 Å². The van der Waals surface area contributed by atoms with E-state index >= 15 is 0 Å². The lowest BCUT2D eigenvalue weighted by Crippen LogP contribution is -2.32. The number of aromatic nitrogens is 7. The highest BCUT2D eigenvalue weighted by Crippen LogP contribution is 2.31. The second kappa shape index (κ2) is 11.0. The number of rotatable bonds is 6. The number of amides is 2. The molecule has 13 heteroatoms. The fourth-order valence-electron chi connectivity index (χ4n) is 4.60. The van der Waals surface area contributed by atoms with Crippen molar-refractivity contribution < 1.29 is 14.7 Å². The molecule has 2 amide bonds. The van der Waals surface area contributed by atoms with E-state index in [1.54, 1.807) is 29.3 Å². The van der Waals surface area contributed by atoms with E-state index in [-0.39, 0.29) is 36.3 Å². The third-order valence-electron chi connectivity index (χ3n) is 6.89. The Morgan fingerprint density at radius 2 is 1.95 bits per heavy atom. The fraction of sp³-hybridized carbons (Fsp3) is 0.393. The van der Waals surface area contributed by atoms with Gasteiger partial charge >= 0.3 is 6.09 Å². The predicted molar refractivity (Wildman–Crippen MR) is 152 cm³/mol. The summed E-state index contributed by atoms with van der Waals surface area (Å²) in [7, 11) is 0. The van der Waals surface area contributed by atoms with Crippen LogP contribution in [0.1, 0.15) is 74.7 Å². The Kier molecular flexibility index (Phi) is 7.43. The van der Waals surface area contributed by atoms with Gasteiger partial charge in [-0.2, -0.15) is 5.10 Å². The van der Waals surface area contributed by atoms with Gasteiger partial charge in [0.2, 0.25) is 5.95 Å². The Morgan fingerprint density at radius 3 is 2.63 bits per heavy atom. The van der Waals surface area contributed by atoms with Crippen LogP contribution in [0.4, 0.5) is 16.4 Å². The molecule has 3 aromatic heterocycles. The van der Waals surface area contributed by atoms with Crippen LogP contribution in [0, 0.1) is 0 Å². The predicted octanol–water partition coefficient (Wildman–Crippen LogP) is 4.37. The highest BCUT2D eigenvalue weighted by molar-refractivity contribution is 5.92. The van der Waals surface area contributed by atoms with E-state index in [1.165, 1.54) is 4.90 Å². The molecule has 4 aromatic rings. The summed E-state index contributed by atoms with van der Waals surface area (Å²) in [4.78, 5) is 35.4. The second-order valence-corrected chi connectivity index (χ2v) is 11.3. The summed E-state index contributed by atoms with van der Waals surface area (Å²) in [5.41, 5.74) is 3.78. The third kappa shape index (κ3) is 6.18. The van der Waals surface area contributed by atoms with Crippen molar-refractivity contribution in [1.82, 2.24) is 45.0 Å². The number of carbonyl (C=O) groups is 2. The van der Waals surface area contributed by atoms with Gasteiger partial charge in [0, 0.05) is 37.1 Å². The molecule has 1 unspecified atom stereocenters. The van der Waals surface area contributed by atoms with Gasteiger partial charge in [0.25, 0.3) is 5.91 Å². The average molecular weight is 559 g/mol. The first-order valence-corrected chi connectivity index (χ1v) is 13.5. The van der Waals surface area contributed by atoms with Crippen LogP contribution in [0.25, 0.3) is 11.3 Å². The summed E-state index contributed by atoms with van der Waals surface area (Å²) in [5.74, 6) is 0.0537. The smallest absolute Gasteiger partial charge is 0.407 e. The van der Waals surface area contributed by atoms with E-state index in [9.17, 15) is 14.7 Å². The molecule has 0 bridgehead atoms. The summed E-state index contributed by atoms with van der Waals surface area (Å²) in [6.45, 7) is 10.5. The monoisotopic (exact) mass is 558 g/mol. The fourth-order valence-corrected chi connectivity index (χ4v) is 4.60. The zero-order valence-electron chi connectivity index (χ0n) is 23.7. The summed E-state index contributed by atoms with van der Waals surface area (Å²) < 4.78 is 3.48. The van der Waals surface area contributed by atoms with Gasteiger partial charge in [0.1, 0.15) is 0 Å². The summed E-state index contributed by atoms with van der Waals surface area (Å²) >= 11 is 0. The first-order chi connectivity index (χ1) is 19.5. The highest BCUT2D eigenvalue weighted by atomic mass is 16.4. The number of anilines is 2. The second-order valence-electron chi connectivity index (χ2n) is 11.3. The molecular weight excluding hydrogens is 524 g/mol. The molecule has 13 nitrogen and oxygen atoms in total. The van der Waals surface area contributed by atoms with Crippen LogP contribution in [-0.2, 0) is 12.1 Å². The van der Waals surface area contributed by atoms with Crippen LogP contribution in [0.5, 0.6) is 0 Å². The first-order valence-electron chi connectivity index (χ1n) is 13.5. The lowest BCUT2D eigenvalue weighted by molar-refractivity contribution is 0.0928. The maximum absolute atomic E-state index is 13.1. The van der Waals surface area contributed by atoms with Crippen molar-refractivity contribution in [3.05, 3.63) is 65.9 Å². The summed E-state index contributed by atoms with van der Waals surface area (Å²) in [5, 5.41) is 28.5. The number of nitrogens with zero attached hydrogens (tertiary/aromatic N) is 8.